The summed E-state index contributed by atoms with van der Waals surface area (Å²) in [6.07, 6.45) is 3.51. The molecule has 0 aromatic heterocycles. The van der Waals surface area contributed by atoms with Gasteiger partial charge in [0.15, 0.2) is 0 Å². The Kier molecular flexibility index (Phi) is 5.09. The third-order valence-electron chi connectivity index (χ3n) is 1.00. The van der Waals surface area contributed by atoms with Crippen molar-refractivity contribution in [3.63, 3.8) is 0 Å². The minimum absolute atomic E-state index is 0.329. The first-order valence-corrected chi connectivity index (χ1v) is 3.59. The lowest BCUT2D eigenvalue weighted by Gasteiger charge is -1.80. The molecule has 0 radical (unpaired) electrons. The molecule has 80 valence electrons. The van der Waals surface area contributed by atoms with Gasteiger partial charge >= 0.3 is 11.9 Å². The molecule has 15 heavy (non-hydrogen) atoms. The van der Waals surface area contributed by atoms with E-state index in [4.69, 9.17) is 10.2 Å². The molecule has 1 rings (SSSR count). The van der Waals surface area contributed by atoms with E-state index in [1.807, 2.05) is 5.32 Å². The van der Waals surface area contributed by atoms with Gasteiger partial charge in [-0.15, -0.1) is 0 Å². The fourth-order valence-corrected chi connectivity index (χ4v) is 0.499. The lowest BCUT2D eigenvalue weighted by Crippen LogP contribution is -2.19. The zero-order valence-electron chi connectivity index (χ0n) is 7.34. The lowest BCUT2D eigenvalue weighted by molar-refractivity contribution is -0.134. The largest absolute Gasteiger partial charge is 0.478 e. The van der Waals surface area contributed by atoms with Crippen LogP contribution in [0.1, 0.15) is 0 Å². The van der Waals surface area contributed by atoms with Crippen LogP contribution in [-0.4, -0.2) is 34.0 Å². The lowest BCUT2D eigenvalue weighted by atomic mass is 10.5. The van der Waals surface area contributed by atoms with Crippen LogP contribution in [0.5, 0.6) is 0 Å². The molecule has 1 heterocycles. The zero-order valence-corrected chi connectivity index (χ0v) is 7.34. The minimum atomic E-state index is -1.26. The maximum atomic E-state index is 10.0. The third kappa shape index (κ3) is 7.91. The van der Waals surface area contributed by atoms with E-state index in [0.717, 1.165) is 0 Å². The van der Waals surface area contributed by atoms with Crippen molar-refractivity contribution in [1.82, 2.24) is 5.32 Å². The molecule has 0 aliphatic carbocycles. The molecular weight excluding hydrogens is 206 g/mol. The molecule has 0 aromatic rings. The minimum Gasteiger partial charge on any atom is -0.478 e. The van der Waals surface area contributed by atoms with Gasteiger partial charge < -0.3 is 10.2 Å². The van der Waals surface area contributed by atoms with Crippen molar-refractivity contribution in [3.05, 3.63) is 24.3 Å². The third-order valence-corrected chi connectivity index (χ3v) is 1.00. The van der Waals surface area contributed by atoms with E-state index in [2.05, 4.69) is 0 Å². The number of carboxylic acids is 2. The van der Waals surface area contributed by atoms with Gasteiger partial charge in [-0.3, -0.25) is 14.9 Å². The van der Waals surface area contributed by atoms with Gasteiger partial charge in [0.2, 0.25) is 0 Å². The molecule has 0 atom stereocenters. The molecule has 0 spiro atoms. The maximum Gasteiger partial charge on any atom is 0.328 e. The summed E-state index contributed by atoms with van der Waals surface area (Å²) in [5, 5.41) is 17.7. The second-order valence-electron chi connectivity index (χ2n) is 2.20. The van der Waals surface area contributed by atoms with Gasteiger partial charge in [0.25, 0.3) is 11.8 Å². The predicted octanol–water partition coefficient (Wildman–Crippen LogP) is -1.09. The van der Waals surface area contributed by atoms with Crippen molar-refractivity contribution in [1.29, 1.82) is 0 Å². The van der Waals surface area contributed by atoms with E-state index >= 15 is 0 Å². The summed E-state index contributed by atoms with van der Waals surface area (Å²) >= 11 is 0. The van der Waals surface area contributed by atoms with Gasteiger partial charge in [-0.1, -0.05) is 0 Å². The highest BCUT2D eigenvalue weighted by Gasteiger charge is 2.06. The van der Waals surface area contributed by atoms with Gasteiger partial charge in [-0.25, -0.2) is 9.59 Å². The Labute approximate surface area is 83.7 Å². The number of aliphatic carboxylic acids is 2. The number of carbonyl (C=O) groups is 4. The number of carbonyl (C=O) groups excluding carboxylic acids is 2. The van der Waals surface area contributed by atoms with Crippen LogP contribution in [0.15, 0.2) is 24.3 Å². The fourth-order valence-electron chi connectivity index (χ4n) is 0.499. The highest BCUT2D eigenvalue weighted by atomic mass is 16.4. The summed E-state index contributed by atoms with van der Waals surface area (Å²) in [6.45, 7) is 0. The summed E-state index contributed by atoms with van der Waals surface area (Å²) in [6, 6.07) is 0. The molecule has 0 fully saturated rings. The first kappa shape index (κ1) is 12.6. The van der Waals surface area contributed by atoms with Crippen LogP contribution in [-0.2, 0) is 19.2 Å². The van der Waals surface area contributed by atoms with E-state index in [1.165, 1.54) is 12.2 Å². The first-order valence-electron chi connectivity index (χ1n) is 3.59. The van der Waals surface area contributed by atoms with Gasteiger partial charge in [0, 0.05) is 24.3 Å². The number of hydrogen-bond acceptors (Lipinski definition) is 4. The van der Waals surface area contributed by atoms with E-state index in [9.17, 15) is 19.2 Å². The quantitative estimate of drug-likeness (QED) is 0.396. The van der Waals surface area contributed by atoms with Crippen LogP contribution in [0.4, 0.5) is 0 Å². The monoisotopic (exact) mass is 213 g/mol. The average Bonchev–Trinajstić information content (AvgIpc) is 2.47. The normalized spacial score (nSPS) is 13.3. The van der Waals surface area contributed by atoms with Crippen LogP contribution in [0.3, 0.4) is 0 Å². The van der Waals surface area contributed by atoms with Gasteiger partial charge in [-0.2, -0.15) is 0 Å². The Bertz CT molecular complexity index is 322. The standard InChI is InChI=1S/C4H3NO2.C4H4O4/c6-3-1-2-4(7)5-3;5-3(6)1-2-4(7)8/h1-2H,(H,5,6,7);1-2H,(H,5,6)(H,7,8)/b;2-1+. The van der Waals surface area contributed by atoms with Crippen LogP contribution < -0.4 is 5.32 Å². The molecule has 1 aliphatic heterocycles. The smallest absolute Gasteiger partial charge is 0.328 e. The molecule has 2 amide bonds. The van der Waals surface area contributed by atoms with Crippen molar-refractivity contribution >= 4 is 23.8 Å². The summed E-state index contributed by atoms with van der Waals surface area (Å²) in [5.74, 6) is -3.17. The van der Waals surface area contributed by atoms with E-state index < -0.39 is 11.9 Å². The van der Waals surface area contributed by atoms with E-state index in [0.29, 0.717) is 12.2 Å². The molecule has 0 saturated carbocycles. The second-order valence-corrected chi connectivity index (χ2v) is 2.20. The maximum absolute atomic E-state index is 10.0. The highest BCUT2D eigenvalue weighted by molar-refractivity contribution is 6.12. The van der Waals surface area contributed by atoms with Crippen molar-refractivity contribution in [2.75, 3.05) is 0 Å². The van der Waals surface area contributed by atoms with E-state index in [1.54, 1.807) is 0 Å². The van der Waals surface area contributed by atoms with Crippen LogP contribution in [0.25, 0.3) is 0 Å². The van der Waals surface area contributed by atoms with Crippen LogP contribution in [0.2, 0.25) is 0 Å². The molecule has 3 N–H and O–H groups in total. The molecule has 7 nitrogen and oxygen atoms in total. The Morgan fingerprint density at radius 3 is 1.47 bits per heavy atom. The van der Waals surface area contributed by atoms with Crippen molar-refractivity contribution in [2.45, 2.75) is 0 Å². The van der Waals surface area contributed by atoms with Crippen molar-refractivity contribution in [3.8, 4) is 0 Å². The summed E-state index contributed by atoms with van der Waals surface area (Å²) in [4.78, 5) is 39.2. The summed E-state index contributed by atoms with van der Waals surface area (Å²) in [7, 11) is 0. The number of nitrogens with one attached hydrogen (secondary N) is 1. The first-order chi connectivity index (χ1) is 6.91. The molecule has 0 unspecified atom stereocenters. The SMILES string of the molecule is O=C(O)/C=C/C(=O)O.O=C1C=CC(=O)N1. The number of rotatable bonds is 2. The average molecular weight is 213 g/mol. The van der Waals surface area contributed by atoms with Crippen LogP contribution in [0, 0.1) is 0 Å². The molecule has 7 heteroatoms. The van der Waals surface area contributed by atoms with Crippen LogP contribution >= 0.6 is 0 Å². The molecule has 0 saturated heterocycles. The Balaban J connectivity index is 0.000000262. The highest BCUT2D eigenvalue weighted by Crippen LogP contribution is 1.82. The molecule has 0 bridgehead atoms. The fraction of sp³-hybridized carbons (Fsp3) is 0. The number of amides is 2. The topological polar surface area (TPSA) is 121 Å². The Morgan fingerprint density at radius 1 is 1.00 bits per heavy atom. The number of imide groups is 1. The Hall–Kier alpha value is -2.44. The molecule has 1 aliphatic rings. The molecule has 0 aromatic carbocycles. The molecular formula is C8H7NO6. The summed E-state index contributed by atoms with van der Waals surface area (Å²) < 4.78 is 0. The van der Waals surface area contributed by atoms with Gasteiger partial charge in [0.05, 0.1) is 0 Å². The van der Waals surface area contributed by atoms with Gasteiger partial charge in [-0.05, 0) is 0 Å². The zero-order chi connectivity index (χ0) is 11.8. The predicted molar refractivity (Wildman–Crippen MR) is 46.7 cm³/mol. The second kappa shape index (κ2) is 6.08. The Morgan fingerprint density at radius 2 is 1.33 bits per heavy atom. The van der Waals surface area contributed by atoms with Crippen molar-refractivity contribution < 1.29 is 29.4 Å². The van der Waals surface area contributed by atoms with Crippen molar-refractivity contribution in [2.24, 2.45) is 0 Å². The summed E-state index contributed by atoms with van der Waals surface area (Å²) in [5.41, 5.74) is 0. The van der Waals surface area contributed by atoms with E-state index in [-0.39, 0.29) is 11.8 Å². The van der Waals surface area contributed by atoms with Gasteiger partial charge in [0.1, 0.15) is 0 Å². The number of carboxylic acid groups (broad SMARTS) is 2. The number of hydrogen-bond donors (Lipinski definition) is 3.